The van der Waals surface area contributed by atoms with Crippen LogP contribution in [-0.2, 0) is 4.74 Å². The highest BCUT2D eigenvalue weighted by molar-refractivity contribution is 5.96. The van der Waals surface area contributed by atoms with Crippen molar-refractivity contribution in [3.05, 3.63) is 30.2 Å². The van der Waals surface area contributed by atoms with Crippen LogP contribution in [0, 0.1) is 0 Å². The molecule has 1 N–H and O–H groups in total. The van der Waals surface area contributed by atoms with Crippen LogP contribution in [0.4, 0.5) is 0 Å². The number of rotatable bonds is 4. The van der Waals surface area contributed by atoms with Gasteiger partial charge in [0.05, 0.1) is 6.61 Å². The second kappa shape index (κ2) is 4.76. The molecule has 0 radical (unpaired) electrons. The van der Waals surface area contributed by atoms with Gasteiger partial charge in [-0.1, -0.05) is 0 Å². The van der Waals surface area contributed by atoms with Crippen LogP contribution < -0.4 is 5.32 Å². The van der Waals surface area contributed by atoms with Crippen LogP contribution in [0.3, 0.4) is 0 Å². The fourth-order valence-corrected chi connectivity index (χ4v) is 1.37. The number of amides is 1. The fourth-order valence-electron chi connectivity index (χ4n) is 1.37. The highest BCUT2D eigenvalue weighted by Gasteiger charge is 2.07. The maximum Gasteiger partial charge on any atom is 0.251 e. The molecule has 0 aliphatic heterocycles. The average molecular weight is 220 g/mol. The van der Waals surface area contributed by atoms with Gasteiger partial charge in [-0.2, -0.15) is 0 Å². The van der Waals surface area contributed by atoms with E-state index in [0.29, 0.717) is 29.8 Å². The van der Waals surface area contributed by atoms with Gasteiger partial charge in [0.1, 0.15) is 5.52 Å². The lowest BCUT2D eigenvalue weighted by atomic mass is 10.2. The van der Waals surface area contributed by atoms with Crippen LogP contribution >= 0.6 is 0 Å². The smallest absolute Gasteiger partial charge is 0.251 e. The van der Waals surface area contributed by atoms with E-state index in [2.05, 4.69) is 10.3 Å². The average Bonchev–Trinajstić information content (AvgIpc) is 2.76. The number of aromatic nitrogens is 1. The standard InChI is InChI=1S/C11H12N2O3/c1-15-5-4-12-11(14)8-2-3-10-9(6-8)13-7-16-10/h2-3,6-7H,4-5H2,1H3,(H,12,14). The van der Waals surface area contributed by atoms with Crippen LogP contribution in [0.1, 0.15) is 10.4 Å². The minimum atomic E-state index is -0.137. The molecule has 0 bridgehead atoms. The summed E-state index contributed by atoms with van der Waals surface area (Å²) in [5.74, 6) is -0.137. The first-order chi connectivity index (χ1) is 7.81. The van der Waals surface area contributed by atoms with Crippen molar-refractivity contribution < 1.29 is 13.9 Å². The maximum absolute atomic E-state index is 11.7. The SMILES string of the molecule is COCCNC(=O)c1ccc2ocnc2c1. The van der Waals surface area contributed by atoms with E-state index < -0.39 is 0 Å². The predicted octanol–water partition coefficient (Wildman–Crippen LogP) is 1.20. The van der Waals surface area contributed by atoms with Gasteiger partial charge in [-0.05, 0) is 18.2 Å². The number of fused-ring (bicyclic) bond motifs is 1. The number of nitrogens with one attached hydrogen (secondary N) is 1. The first-order valence-electron chi connectivity index (χ1n) is 4.91. The molecular formula is C11H12N2O3. The Balaban J connectivity index is 2.10. The van der Waals surface area contributed by atoms with Crippen molar-refractivity contribution >= 4 is 17.0 Å². The van der Waals surface area contributed by atoms with Crippen molar-refractivity contribution in [2.24, 2.45) is 0 Å². The molecule has 0 aliphatic carbocycles. The van der Waals surface area contributed by atoms with Gasteiger partial charge in [0.15, 0.2) is 12.0 Å². The van der Waals surface area contributed by atoms with E-state index in [9.17, 15) is 4.79 Å². The number of hydrogen-bond donors (Lipinski definition) is 1. The molecule has 1 amide bonds. The molecule has 0 atom stereocenters. The van der Waals surface area contributed by atoms with E-state index in [1.54, 1.807) is 25.3 Å². The van der Waals surface area contributed by atoms with Crippen molar-refractivity contribution in [3.63, 3.8) is 0 Å². The summed E-state index contributed by atoms with van der Waals surface area (Å²) in [7, 11) is 1.59. The number of ether oxygens (including phenoxy) is 1. The molecule has 5 nitrogen and oxygen atoms in total. The highest BCUT2D eigenvalue weighted by Crippen LogP contribution is 2.13. The summed E-state index contributed by atoms with van der Waals surface area (Å²) in [6, 6.07) is 5.13. The number of carbonyl (C=O) groups is 1. The third kappa shape index (κ3) is 2.20. The largest absolute Gasteiger partial charge is 0.443 e. The monoisotopic (exact) mass is 220 g/mol. The van der Waals surface area contributed by atoms with Gasteiger partial charge >= 0.3 is 0 Å². The minimum Gasteiger partial charge on any atom is -0.443 e. The van der Waals surface area contributed by atoms with Crippen LogP contribution in [0.5, 0.6) is 0 Å². The zero-order valence-electron chi connectivity index (χ0n) is 8.90. The summed E-state index contributed by atoms with van der Waals surface area (Å²) in [4.78, 5) is 15.6. The molecule has 0 saturated carbocycles. The number of benzene rings is 1. The Morgan fingerprint density at radius 3 is 3.25 bits per heavy atom. The minimum absolute atomic E-state index is 0.137. The van der Waals surface area contributed by atoms with Crippen LogP contribution in [0.2, 0.25) is 0 Å². The van der Waals surface area contributed by atoms with E-state index in [1.807, 2.05) is 0 Å². The first kappa shape index (κ1) is 10.6. The Morgan fingerprint density at radius 2 is 2.44 bits per heavy atom. The van der Waals surface area contributed by atoms with Gasteiger partial charge in [-0.15, -0.1) is 0 Å². The van der Waals surface area contributed by atoms with E-state index in [4.69, 9.17) is 9.15 Å². The number of oxazole rings is 1. The van der Waals surface area contributed by atoms with Crippen molar-refractivity contribution in [1.29, 1.82) is 0 Å². The Bertz CT molecular complexity index is 493. The molecule has 0 spiro atoms. The molecule has 5 heteroatoms. The van der Waals surface area contributed by atoms with E-state index >= 15 is 0 Å². The number of nitrogens with zero attached hydrogens (tertiary/aromatic N) is 1. The van der Waals surface area contributed by atoms with E-state index in [1.165, 1.54) is 6.39 Å². The molecule has 16 heavy (non-hydrogen) atoms. The van der Waals surface area contributed by atoms with Crippen LogP contribution in [0.25, 0.3) is 11.1 Å². The van der Waals surface area contributed by atoms with Gasteiger partial charge in [0.25, 0.3) is 5.91 Å². The summed E-state index contributed by atoms with van der Waals surface area (Å²) in [6.07, 6.45) is 1.36. The van der Waals surface area contributed by atoms with Gasteiger partial charge < -0.3 is 14.5 Å². The predicted molar refractivity (Wildman–Crippen MR) is 58.2 cm³/mol. The number of hydrogen-bond acceptors (Lipinski definition) is 4. The molecule has 2 rings (SSSR count). The summed E-state index contributed by atoms with van der Waals surface area (Å²) in [5, 5.41) is 2.73. The topological polar surface area (TPSA) is 64.4 Å². The lowest BCUT2D eigenvalue weighted by Crippen LogP contribution is -2.26. The van der Waals surface area contributed by atoms with Gasteiger partial charge in [0.2, 0.25) is 0 Å². The molecule has 2 aromatic rings. The summed E-state index contributed by atoms with van der Waals surface area (Å²) in [5.41, 5.74) is 1.92. The van der Waals surface area contributed by atoms with E-state index in [-0.39, 0.29) is 5.91 Å². The summed E-state index contributed by atoms with van der Waals surface area (Å²) < 4.78 is 9.93. The van der Waals surface area contributed by atoms with Crippen molar-refractivity contribution in [1.82, 2.24) is 10.3 Å². The molecule has 1 aromatic heterocycles. The molecule has 84 valence electrons. The first-order valence-corrected chi connectivity index (χ1v) is 4.91. The van der Waals surface area contributed by atoms with Gasteiger partial charge in [0, 0.05) is 19.2 Å². The zero-order valence-corrected chi connectivity index (χ0v) is 8.90. The fraction of sp³-hybridized carbons (Fsp3) is 0.273. The Hall–Kier alpha value is -1.88. The number of carbonyl (C=O) groups excluding carboxylic acids is 1. The summed E-state index contributed by atoms with van der Waals surface area (Å²) >= 11 is 0. The molecule has 1 heterocycles. The molecule has 1 aromatic carbocycles. The second-order valence-electron chi connectivity index (χ2n) is 3.28. The van der Waals surface area contributed by atoms with Crippen LogP contribution in [0.15, 0.2) is 29.0 Å². The van der Waals surface area contributed by atoms with E-state index in [0.717, 1.165) is 0 Å². The van der Waals surface area contributed by atoms with Gasteiger partial charge in [-0.3, -0.25) is 4.79 Å². The Kier molecular flexibility index (Phi) is 3.16. The van der Waals surface area contributed by atoms with Crippen molar-refractivity contribution in [2.75, 3.05) is 20.3 Å². The van der Waals surface area contributed by atoms with Crippen molar-refractivity contribution in [2.45, 2.75) is 0 Å². The number of methoxy groups -OCH3 is 1. The second-order valence-corrected chi connectivity index (χ2v) is 3.28. The van der Waals surface area contributed by atoms with Gasteiger partial charge in [-0.25, -0.2) is 4.98 Å². The quantitative estimate of drug-likeness (QED) is 0.786. The molecule has 0 saturated heterocycles. The molecular weight excluding hydrogens is 208 g/mol. The Labute approximate surface area is 92.4 Å². The van der Waals surface area contributed by atoms with Crippen molar-refractivity contribution in [3.8, 4) is 0 Å². The molecule has 0 fully saturated rings. The van der Waals surface area contributed by atoms with Crippen LogP contribution in [-0.4, -0.2) is 31.2 Å². The molecule has 0 aliphatic rings. The highest BCUT2D eigenvalue weighted by atomic mass is 16.5. The third-order valence-corrected chi connectivity index (χ3v) is 2.18. The zero-order chi connectivity index (χ0) is 11.4. The maximum atomic E-state index is 11.7. The normalized spacial score (nSPS) is 10.6. The summed E-state index contributed by atoms with van der Waals surface area (Å²) in [6.45, 7) is 0.990. The lowest BCUT2D eigenvalue weighted by Gasteiger charge is -2.03. The lowest BCUT2D eigenvalue weighted by molar-refractivity contribution is 0.0937. The Morgan fingerprint density at radius 1 is 1.56 bits per heavy atom. The molecule has 0 unspecified atom stereocenters. The third-order valence-electron chi connectivity index (χ3n) is 2.18.